The summed E-state index contributed by atoms with van der Waals surface area (Å²) in [6.07, 6.45) is 2.32. The third-order valence-corrected chi connectivity index (χ3v) is 3.31. The average Bonchev–Trinajstić information content (AvgIpc) is 2.59. The van der Waals surface area contributed by atoms with Crippen molar-refractivity contribution < 1.29 is 19.1 Å². The number of fused-ring (bicyclic) bond motifs is 1. The number of ether oxygens (including phenoxy) is 2. The number of rotatable bonds is 4. The van der Waals surface area contributed by atoms with Crippen molar-refractivity contribution in [3.8, 4) is 11.5 Å². The molecule has 1 unspecified atom stereocenters. The number of carbonyl (C=O) groups is 1. The van der Waals surface area contributed by atoms with Crippen LogP contribution < -0.4 is 15.0 Å². The zero-order chi connectivity index (χ0) is 15.4. The third-order valence-electron chi connectivity index (χ3n) is 3.31. The standard InChI is InChI=1S/C16H16N2O4/c1-11(12-6-8-17-9-7-12)22-18-16(19)15-10-20-13-4-2-3-5-14(13)21-15/h2-9,11,15H,10H2,1H3,(H,18,19)/t11-,15?/m0/s1. The molecule has 1 aromatic heterocycles. The minimum Gasteiger partial charge on any atom is -0.485 e. The van der Waals surface area contributed by atoms with E-state index in [-0.39, 0.29) is 18.6 Å². The van der Waals surface area contributed by atoms with Gasteiger partial charge in [0, 0.05) is 12.4 Å². The van der Waals surface area contributed by atoms with Crippen LogP contribution in [0.5, 0.6) is 11.5 Å². The first-order valence-electron chi connectivity index (χ1n) is 6.98. The minimum absolute atomic E-state index is 0.149. The summed E-state index contributed by atoms with van der Waals surface area (Å²) in [5.74, 6) is 0.809. The van der Waals surface area contributed by atoms with E-state index in [0.29, 0.717) is 11.5 Å². The summed E-state index contributed by atoms with van der Waals surface area (Å²) >= 11 is 0. The molecule has 0 aliphatic carbocycles. The van der Waals surface area contributed by atoms with Crippen molar-refractivity contribution in [3.05, 3.63) is 54.4 Å². The molecule has 6 nitrogen and oxygen atoms in total. The Morgan fingerprint density at radius 3 is 2.77 bits per heavy atom. The van der Waals surface area contributed by atoms with Gasteiger partial charge in [-0.15, -0.1) is 0 Å². The molecule has 3 rings (SSSR count). The second-order valence-corrected chi connectivity index (χ2v) is 4.87. The van der Waals surface area contributed by atoms with E-state index in [4.69, 9.17) is 14.3 Å². The molecule has 1 aliphatic rings. The molecule has 1 amide bonds. The van der Waals surface area contributed by atoms with Crippen molar-refractivity contribution in [3.63, 3.8) is 0 Å². The van der Waals surface area contributed by atoms with E-state index in [1.54, 1.807) is 24.5 Å². The zero-order valence-corrected chi connectivity index (χ0v) is 12.1. The van der Waals surface area contributed by atoms with Gasteiger partial charge in [0.15, 0.2) is 11.5 Å². The Labute approximate surface area is 128 Å². The van der Waals surface area contributed by atoms with Crippen LogP contribution in [0.3, 0.4) is 0 Å². The molecule has 1 aliphatic heterocycles. The summed E-state index contributed by atoms with van der Waals surface area (Å²) in [7, 11) is 0. The number of hydrogen-bond acceptors (Lipinski definition) is 5. The van der Waals surface area contributed by atoms with Gasteiger partial charge in [-0.2, -0.15) is 0 Å². The molecule has 2 heterocycles. The van der Waals surface area contributed by atoms with Gasteiger partial charge in [-0.3, -0.25) is 14.6 Å². The molecule has 114 valence electrons. The lowest BCUT2D eigenvalue weighted by atomic mass is 10.2. The lowest BCUT2D eigenvalue weighted by molar-refractivity contribution is -0.147. The maximum Gasteiger partial charge on any atom is 0.288 e. The van der Waals surface area contributed by atoms with Crippen molar-refractivity contribution >= 4 is 5.91 Å². The number of pyridine rings is 1. The Morgan fingerprint density at radius 1 is 1.27 bits per heavy atom. The topological polar surface area (TPSA) is 69.7 Å². The van der Waals surface area contributed by atoms with Crippen LogP contribution in [0, 0.1) is 0 Å². The lowest BCUT2D eigenvalue weighted by Gasteiger charge is -2.25. The van der Waals surface area contributed by atoms with Crippen LogP contribution in [-0.2, 0) is 9.63 Å². The van der Waals surface area contributed by atoms with Crippen molar-refractivity contribution in [2.75, 3.05) is 6.61 Å². The number of para-hydroxylation sites is 2. The number of amides is 1. The van der Waals surface area contributed by atoms with Gasteiger partial charge >= 0.3 is 0 Å². The van der Waals surface area contributed by atoms with Crippen molar-refractivity contribution in [1.29, 1.82) is 0 Å². The molecular formula is C16H16N2O4. The molecule has 1 aromatic carbocycles. The number of nitrogens with one attached hydrogen (secondary N) is 1. The van der Waals surface area contributed by atoms with Gasteiger partial charge in [-0.05, 0) is 36.8 Å². The summed E-state index contributed by atoms with van der Waals surface area (Å²) in [5.41, 5.74) is 3.34. The molecule has 0 fully saturated rings. The van der Waals surface area contributed by atoms with E-state index < -0.39 is 6.10 Å². The normalized spacial score (nSPS) is 17.6. The van der Waals surface area contributed by atoms with E-state index in [1.165, 1.54) is 0 Å². The van der Waals surface area contributed by atoms with Crippen LogP contribution >= 0.6 is 0 Å². The van der Waals surface area contributed by atoms with E-state index in [9.17, 15) is 4.79 Å². The number of aromatic nitrogens is 1. The first-order chi connectivity index (χ1) is 10.7. The highest BCUT2D eigenvalue weighted by Crippen LogP contribution is 2.30. The molecule has 0 saturated heterocycles. The molecule has 22 heavy (non-hydrogen) atoms. The van der Waals surface area contributed by atoms with Gasteiger partial charge in [0.25, 0.3) is 5.91 Å². The third kappa shape index (κ3) is 3.17. The second-order valence-electron chi connectivity index (χ2n) is 4.87. The van der Waals surface area contributed by atoms with Gasteiger partial charge in [0.2, 0.25) is 6.10 Å². The van der Waals surface area contributed by atoms with Gasteiger partial charge in [0.1, 0.15) is 12.7 Å². The molecule has 0 saturated carbocycles. The molecule has 0 spiro atoms. The zero-order valence-electron chi connectivity index (χ0n) is 12.1. The number of carbonyl (C=O) groups excluding carboxylic acids is 1. The highest BCUT2D eigenvalue weighted by Gasteiger charge is 2.27. The van der Waals surface area contributed by atoms with Crippen LogP contribution in [-0.4, -0.2) is 23.6 Å². The fraction of sp³-hybridized carbons (Fsp3) is 0.250. The summed E-state index contributed by atoms with van der Waals surface area (Å²) in [6, 6.07) is 10.9. The van der Waals surface area contributed by atoms with Gasteiger partial charge < -0.3 is 9.47 Å². The molecule has 1 N–H and O–H groups in total. The van der Waals surface area contributed by atoms with E-state index in [2.05, 4.69) is 10.5 Å². The van der Waals surface area contributed by atoms with E-state index in [1.807, 2.05) is 31.2 Å². The minimum atomic E-state index is -0.737. The van der Waals surface area contributed by atoms with E-state index >= 15 is 0 Å². The Balaban J connectivity index is 1.55. The predicted molar refractivity (Wildman–Crippen MR) is 78.2 cm³/mol. The largest absolute Gasteiger partial charge is 0.485 e. The molecular weight excluding hydrogens is 284 g/mol. The van der Waals surface area contributed by atoms with Crippen molar-refractivity contribution in [1.82, 2.24) is 10.5 Å². The lowest BCUT2D eigenvalue weighted by Crippen LogP contribution is -2.44. The van der Waals surface area contributed by atoms with Gasteiger partial charge in [-0.25, -0.2) is 5.48 Å². The van der Waals surface area contributed by atoms with Crippen LogP contribution in [0.2, 0.25) is 0 Å². The van der Waals surface area contributed by atoms with Crippen molar-refractivity contribution in [2.45, 2.75) is 19.1 Å². The Kier molecular flexibility index (Phi) is 4.20. The molecule has 0 radical (unpaired) electrons. The molecule has 0 bridgehead atoms. The van der Waals surface area contributed by atoms with Gasteiger partial charge in [0.05, 0.1) is 0 Å². The van der Waals surface area contributed by atoms with E-state index in [0.717, 1.165) is 5.56 Å². The highest BCUT2D eigenvalue weighted by molar-refractivity contribution is 5.80. The second kappa shape index (κ2) is 6.44. The Hall–Kier alpha value is -2.60. The number of nitrogens with zero attached hydrogens (tertiary/aromatic N) is 1. The monoisotopic (exact) mass is 300 g/mol. The average molecular weight is 300 g/mol. The molecule has 2 aromatic rings. The van der Waals surface area contributed by atoms with Gasteiger partial charge in [-0.1, -0.05) is 12.1 Å². The Bertz CT molecular complexity index is 648. The van der Waals surface area contributed by atoms with Crippen molar-refractivity contribution in [2.24, 2.45) is 0 Å². The fourth-order valence-corrected chi connectivity index (χ4v) is 2.06. The summed E-state index contributed by atoms with van der Waals surface area (Å²) in [4.78, 5) is 21.4. The molecule has 2 atom stereocenters. The highest BCUT2D eigenvalue weighted by atomic mass is 16.7. The number of benzene rings is 1. The fourth-order valence-electron chi connectivity index (χ4n) is 2.06. The maximum absolute atomic E-state index is 12.1. The van der Waals surface area contributed by atoms with Crippen LogP contribution in [0.1, 0.15) is 18.6 Å². The predicted octanol–water partition coefficient (Wildman–Crippen LogP) is 2.03. The van der Waals surface area contributed by atoms with Crippen LogP contribution in [0.4, 0.5) is 0 Å². The smallest absolute Gasteiger partial charge is 0.288 e. The summed E-state index contributed by atoms with van der Waals surface area (Å²) in [5, 5.41) is 0. The SMILES string of the molecule is C[C@H](ONC(=O)C1COc2ccccc2O1)c1ccncc1. The van der Waals surface area contributed by atoms with Crippen LogP contribution in [0.25, 0.3) is 0 Å². The van der Waals surface area contributed by atoms with Crippen LogP contribution in [0.15, 0.2) is 48.8 Å². The number of hydroxylamine groups is 1. The molecule has 6 heteroatoms. The number of hydrogen-bond donors (Lipinski definition) is 1. The quantitative estimate of drug-likeness (QED) is 0.875. The summed E-state index contributed by atoms with van der Waals surface area (Å²) < 4.78 is 11.1. The Morgan fingerprint density at radius 2 is 2.00 bits per heavy atom. The maximum atomic E-state index is 12.1. The first kappa shape index (κ1) is 14.3. The first-order valence-corrected chi connectivity index (χ1v) is 6.98. The summed E-state index contributed by atoms with van der Waals surface area (Å²) in [6.45, 7) is 1.99.